The number of carbonyl (C=O) groups is 2. The second kappa shape index (κ2) is 11.6. The number of esters is 1. The van der Waals surface area contributed by atoms with Crippen LogP contribution in [-0.4, -0.2) is 29.1 Å². The molecule has 160 valence electrons. The number of nitrogens with one attached hydrogen (secondary N) is 2. The molecule has 0 fully saturated rings. The van der Waals surface area contributed by atoms with Gasteiger partial charge in [0.05, 0.1) is 0 Å². The molecule has 2 atom stereocenters. The van der Waals surface area contributed by atoms with Crippen molar-refractivity contribution in [1.82, 2.24) is 10.9 Å². The third-order valence-corrected chi connectivity index (χ3v) is 4.80. The highest BCUT2D eigenvalue weighted by atomic mass is 16.5. The van der Waals surface area contributed by atoms with Gasteiger partial charge in [0, 0.05) is 0 Å². The molecule has 0 saturated heterocycles. The van der Waals surface area contributed by atoms with Gasteiger partial charge in [-0.2, -0.15) is 0 Å². The van der Waals surface area contributed by atoms with E-state index in [-0.39, 0.29) is 13.0 Å². The van der Waals surface area contributed by atoms with E-state index in [0.717, 1.165) is 16.7 Å². The summed E-state index contributed by atoms with van der Waals surface area (Å²) in [4.78, 5) is 24.5. The first-order chi connectivity index (χ1) is 15.1. The van der Waals surface area contributed by atoms with Crippen molar-refractivity contribution in [2.24, 2.45) is 0 Å². The van der Waals surface area contributed by atoms with Crippen LogP contribution in [0.15, 0.2) is 91.0 Å². The Kier molecular flexibility index (Phi) is 8.34. The van der Waals surface area contributed by atoms with Gasteiger partial charge in [-0.25, -0.2) is 10.9 Å². The van der Waals surface area contributed by atoms with E-state index >= 15 is 0 Å². The Balaban J connectivity index is 1.65. The maximum Gasteiger partial charge on any atom is 0.325 e. The lowest BCUT2D eigenvalue weighted by Crippen LogP contribution is -2.54. The molecular formula is C25H26N2O4. The first kappa shape index (κ1) is 22.2. The Morgan fingerprint density at radius 1 is 0.677 bits per heavy atom. The van der Waals surface area contributed by atoms with E-state index < -0.39 is 24.0 Å². The lowest BCUT2D eigenvalue weighted by Gasteiger charge is -2.22. The highest BCUT2D eigenvalue weighted by Gasteiger charge is 2.24. The van der Waals surface area contributed by atoms with Gasteiger partial charge in [-0.3, -0.25) is 9.59 Å². The molecule has 0 aliphatic heterocycles. The predicted molar refractivity (Wildman–Crippen MR) is 118 cm³/mol. The summed E-state index contributed by atoms with van der Waals surface area (Å²) in [6.07, 6.45) is 0.638. The van der Waals surface area contributed by atoms with Gasteiger partial charge in [-0.15, -0.1) is 0 Å². The third kappa shape index (κ3) is 7.37. The molecule has 3 N–H and O–H groups in total. The SMILES string of the molecule is O=C(O)[C@H](Cc1ccccc1)NN[C@@H](Cc1ccccc1)C(=O)OCc1ccccc1. The van der Waals surface area contributed by atoms with Crippen molar-refractivity contribution >= 4 is 11.9 Å². The number of carboxylic acid groups (broad SMARTS) is 1. The van der Waals surface area contributed by atoms with Crippen molar-refractivity contribution in [2.45, 2.75) is 31.5 Å². The van der Waals surface area contributed by atoms with Gasteiger partial charge in [0.2, 0.25) is 0 Å². The second-order valence-electron chi connectivity index (χ2n) is 7.20. The van der Waals surface area contributed by atoms with Crippen LogP contribution < -0.4 is 10.9 Å². The quantitative estimate of drug-likeness (QED) is 0.328. The van der Waals surface area contributed by atoms with E-state index in [0.29, 0.717) is 6.42 Å². The standard InChI is InChI=1S/C25H26N2O4/c28-24(29)22(16-19-10-4-1-5-11-19)26-27-23(17-20-12-6-2-7-13-20)25(30)31-18-21-14-8-3-9-15-21/h1-15,22-23,26-27H,16-18H2,(H,28,29)/t22-,23-/m0/s1. The number of aliphatic carboxylic acids is 1. The van der Waals surface area contributed by atoms with Crippen LogP contribution in [0.25, 0.3) is 0 Å². The number of ether oxygens (including phenoxy) is 1. The molecule has 6 heteroatoms. The molecule has 0 bridgehead atoms. The highest BCUT2D eigenvalue weighted by molar-refractivity contribution is 5.77. The minimum absolute atomic E-state index is 0.152. The molecule has 0 heterocycles. The van der Waals surface area contributed by atoms with Gasteiger partial charge in [0.15, 0.2) is 0 Å². The maximum atomic E-state index is 12.8. The molecular weight excluding hydrogens is 392 g/mol. The number of benzene rings is 3. The normalized spacial score (nSPS) is 12.6. The Morgan fingerprint density at radius 3 is 1.58 bits per heavy atom. The summed E-state index contributed by atoms with van der Waals surface area (Å²) in [5.41, 5.74) is 8.42. The molecule has 0 amide bonds. The van der Waals surface area contributed by atoms with Gasteiger partial charge >= 0.3 is 11.9 Å². The van der Waals surface area contributed by atoms with Gasteiger partial charge in [-0.1, -0.05) is 91.0 Å². The molecule has 0 spiro atoms. The Bertz CT molecular complexity index is 949. The van der Waals surface area contributed by atoms with Crippen molar-refractivity contribution < 1.29 is 19.4 Å². The van der Waals surface area contributed by atoms with E-state index in [9.17, 15) is 14.7 Å². The van der Waals surface area contributed by atoms with Crippen LogP contribution in [-0.2, 0) is 33.8 Å². The van der Waals surface area contributed by atoms with Crippen molar-refractivity contribution in [3.63, 3.8) is 0 Å². The summed E-state index contributed by atoms with van der Waals surface area (Å²) in [6, 6.07) is 26.6. The molecule has 0 saturated carbocycles. The summed E-state index contributed by atoms with van der Waals surface area (Å²) in [5.74, 6) is -1.46. The smallest absolute Gasteiger partial charge is 0.325 e. The van der Waals surface area contributed by atoms with Crippen LogP contribution in [0.5, 0.6) is 0 Å². The van der Waals surface area contributed by atoms with E-state index in [4.69, 9.17) is 4.74 Å². The van der Waals surface area contributed by atoms with Crippen molar-refractivity contribution in [2.75, 3.05) is 0 Å². The van der Waals surface area contributed by atoms with E-state index in [2.05, 4.69) is 10.9 Å². The average Bonchev–Trinajstić information content (AvgIpc) is 2.81. The fourth-order valence-electron chi connectivity index (χ4n) is 3.12. The van der Waals surface area contributed by atoms with Crippen molar-refractivity contribution in [3.05, 3.63) is 108 Å². The summed E-state index contributed by atoms with van der Waals surface area (Å²) in [5, 5.41) is 9.61. The Morgan fingerprint density at radius 2 is 1.10 bits per heavy atom. The topological polar surface area (TPSA) is 87.7 Å². The van der Waals surface area contributed by atoms with Gasteiger partial charge in [0.1, 0.15) is 18.7 Å². The van der Waals surface area contributed by atoms with Crippen LogP contribution in [0.1, 0.15) is 16.7 Å². The monoisotopic (exact) mass is 418 g/mol. The molecule has 0 unspecified atom stereocenters. The summed E-state index contributed by atoms with van der Waals surface area (Å²) < 4.78 is 5.48. The zero-order valence-electron chi connectivity index (χ0n) is 17.1. The van der Waals surface area contributed by atoms with Gasteiger partial charge in [0.25, 0.3) is 0 Å². The van der Waals surface area contributed by atoms with Crippen LogP contribution in [0.4, 0.5) is 0 Å². The second-order valence-corrected chi connectivity index (χ2v) is 7.20. The molecule has 0 aliphatic carbocycles. The fraction of sp³-hybridized carbons (Fsp3) is 0.200. The molecule has 0 aromatic heterocycles. The number of hydrogen-bond acceptors (Lipinski definition) is 5. The molecule has 3 aromatic carbocycles. The number of rotatable bonds is 11. The van der Waals surface area contributed by atoms with E-state index in [1.165, 1.54) is 0 Å². The summed E-state index contributed by atoms with van der Waals surface area (Å²) in [7, 11) is 0. The summed E-state index contributed by atoms with van der Waals surface area (Å²) in [6.45, 7) is 0.152. The van der Waals surface area contributed by atoms with Crippen LogP contribution >= 0.6 is 0 Å². The van der Waals surface area contributed by atoms with E-state index in [1.54, 1.807) is 0 Å². The first-order valence-corrected chi connectivity index (χ1v) is 10.1. The van der Waals surface area contributed by atoms with Gasteiger partial charge in [-0.05, 0) is 29.5 Å². The highest BCUT2D eigenvalue weighted by Crippen LogP contribution is 2.08. The lowest BCUT2D eigenvalue weighted by atomic mass is 10.1. The third-order valence-electron chi connectivity index (χ3n) is 4.80. The number of carbonyl (C=O) groups excluding carboxylic acids is 1. The number of carboxylic acids is 1. The molecule has 0 radical (unpaired) electrons. The minimum atomic E-state index is -1.01. The zero-order chi connectivity index (χ0) is 21.9. The number of hydrazine groups is 1. The van der Waals surface area contributed by atoms with Crippen LogP contribution in [0.2, 0.25) is 0 Å². The van der Waals surface area contributed by atoms with Crippen molar-refractivity contribution in [1.29, 1.82) is 0 Å². The molecule has 6 nitrogen and oxygen atoms in total. The van der Waals surface area contributed by atoms with E-state index in [1.807, 2.05) is 91.0 Å². The molecule has 3 rings (SSSR count). The van der Waals surface area contributed by atoms with Crippen molar-refractivity contribution in [3.8, 4) is 0 Å². The minimum Gasteiger partial charge on any atom is -0.480 e. The largest absolute Gasteiger partial charge is 0.480 e. The lowest BCUT2D eigenvalue weighted by molar-refractivity contribution is -0.149. The predicted octanol–water partition coefficient (Wildman–Crippen LogP) is 3.13. The zero-order valence-corrected chi connectivity index (χ0v) is 17.1. The number of hydrogen-bond donors (Lipinski definition) is 3. The maximum absolute atomic E-state index is 12.8. The van der Waals surface area contributed by atoms with Crippen LogP contribution in [0, 0.1) is 0 Å². The molecule has 31 heavy (non-hydrogen) atoms. The van der Waals surface area contributed by atoms with Crippen LogP contribution in [0.3, 0.4) is 0 Å². The molecule has 3 aromatic rings. The van der Waals surface area contributed by atoms with Gasteiger partial charge < -0.3 is 9.84 Å². The average molecular weight is 418 g/mol. The first-order valence-electron chi connectivity index (χ1n) is 10.1. The Hall–Kier alpha value is -3.48. The summed E-state index contributed by atoms with van der Waals surface area (Å²) >= 11 is 0. The molecule has 0 aliphatic rings. The fourth-order valence-corrected chi connectivity index (χ4v) is 3.12. The Labute approximate surface area is 181 Å².